The van der Waals surface area contributed by atoms with Crippen molar-refractivity contribution in [2.75, 3.05) is 13.1 Å². The van der Waals surface area contributed by atoms with Gasteiger partial charge in [0.05, 0.1) is 6.10 Å². The summed E-state index contributed by atoms with van der Waals surface area (Å²) >= 11 is 0. The molecule has 1 aliphatic carbocycles. The van der Waals surface area contributed by atoms with Crippen molar-refractivity contribution in [1.29, 1.82) is 0 Å². The lowest BCUT2D eigenvalue weighted by atomic mass is 9.74. The van der Waals surface area contributed by atoms with Gasteiger partial charge in [-0.05, 0) is 61.3 Å². The van der Waals surface area contributed by atoms with Crippen LogP contribution in [0.2, 0.25) is 0 Å². The lowest BCUT2D eigenvalue weighted by Gasteiger charge is -2.34. The number of unbranched alkanes of at least 4 members (excludes halogenated alkanes) is 2. The van der Waals surface area contributed by atoms with Gasteiger partial charge in [-0.2, -0.15) is 0 Å². The normalized spacial score (nSPS) is 26.9. The zero-order chi connectivity index (χ0) is 22.7. The van der Waals surface area contributed by atoms with E-state index in [1.54, 1.807) is 0 Å². The van der Waals surface area contributed by atoms with Crippen molar-refractivity contribution in [2.24, 2.45) is 11.3 Å². The summed E-state index contributed by atoms with van der Waals surface area (Å²) in [7, 11) is 0. The Morgan fingerprint density at radius 2 is 1.84 bits per heavy atom. The van der Waals surface area contributed by atoms with Gasteiger partial charge in [0.15, 0.2) is 0 Å². The van der Waals surface area contributed by atoms with Crippen LogP contribution in [0.4, 0.5) is 0 Å². The molecule has 3 N–H and O–H groups in total. The maximum absolute atomic E-state index is 12.4. The van der Waals surface area contributed by atoms with E-state index in [9.17, 15) is 14.7 Å². The topological polar surface area (TPSA) is 78.4 Å². The minimum absolute atomic E-state index is 0.00312. The van der Waals surface area contributed by atoms with E-state index in [1.807, 2.05) is 6.07 Å². The number of carbonyl (C=O) groups excluding carboxylic acids is 2. The fraction of sp³-hybridized carbons (Fsp3) is 0.692. The van der Waals surface area contributed by atoms with Gasteiger partial charge in [-0.25, -0.2) is 0 Å². The number of aliphatic hydroxyl groups excluding tert-OH is 1. The van der Waals surface area contributed by atoms with E-state index >= 15 is 0 Å². The lowest BCUT2D eigenvalue weighted by Crippen LogP contribution is -2.37. The molecule has 1 aromatic carbocycles. The minimum atomic E-state index is -0.269. The Kier molecular flexibility index (Phi) is 10.5. The van der Waals surface area contributed by atoms with Crippen LogP contribution in [0.25, 0.3) is 0 Å². The van der Waals surface area contributed by atoms with Crippen molar-refractivity contribution < 1.29 is 14.7 Å². The third-order valence-electron chi connectivity index (χ3n) is 6.65. The molecule has 0 aliphatic heterocycles. The number of benzene rings is 1. The lowest BCUT2D eigenvalue weighted by molar-refractivity contribution is -0.122. The highest BCUT2D eigenvalue weighted by Crippen LogP contribution is 2.41. The van der Waals surface area contributed by atoms with E-state index in [2.05, 4.69) is 48.7 Å². The zero-order valence-corrected chi connectivity index (χ0v) is 19.7. The van der Waals surface area contributed by atoms with Crippen LogP contribution in [0.3, 0.4) is 0 Å². The summed E-state index contributed by atoms with van der Waals surface area (Å²) in [6, 6.07) is 10.5. The van der Waals surface area contributed by atoms with Crippen molar-refractivity contribution >= 4 is 11.8 Å². The van der Waals surface area contributed by atoms with Crippen molar-refractivity contribution in [3.05, 3.63) is 35.9 Å². The molecule has 2 rings (SSSR count). The Balaban J connectivity index is 1.90. The molecule has 0 heterocycles. The third-order valence-corrected chi connectivity index (χ3v) is 6.65. The smallest absolute Gasteiger partial charge is 0.220 e. The summed E-state index contributed by atoms with van der Waals surface area (Å²) in [6.07, 6.45) is 7.70. The van der Waals surface area contributed by atoms with Crippen LogP contribution >= 0.6 is 0 Å². The van der Waals surface area contributed by atoms with E-state index in [-0.39, 0.29) is 23.3 Å². The average Bonchev–Trinajstić information content (AvgIpc) is 2.78. The minimum Gasteiger partial charge on any atom is -0.393 e. The molecule has 4 atom stereocenters. The maximum atomic E-state index is 12.4. The second kappa shape index (κ2) is 12.8. The van der Waals surface area contributed by atoms with Gasteiger partial charge in [0.25, 0.3) is 0 Å². The van der Waals surface area contributed by atoms with Crippen LogP contribution in [0.1, 0.15) is 90.0 Å². The number of hydrogen-bond acceptors (Lipinski definition) is 3. The fourth-order valence-electron chi connectivity index (χ4n) is 4.77. The van der Waals surface area contributed by atoms with E-state index in [0.29, 0.717) is 31.3 Å². The van der Waals surface area contributed by atoms with Crippen LogP contribution in [0.15, 0.2) is 30.3 Å². The maximum Gasteiger partial charge on any atom is 0.220 e. The first-order valence-corrected chi connectivity index (χ1v) is 12.0. The van der Waals surface area contributed by atoms with Crippen LogP contribution in [-0.4, -0.2) is 36.1 Å². The van der Waals surface area contributed by atoms with Gasteiger partial charge in [0, 0.05) is 26.4 Å². The van der Waals surface area contributed by atoms with E-state index in [1.165, 1.54) is 12.5 Å². The summed E-state index contributed by atoms with van der Waals surface area (Å²) in [6.45, 7) is 7.41. The standard InChI is InChI=1S/C26H42N2O3/c1-20-13-14-26(3,19-28-25(31)12-8-5-9-15-27-21(2)29)18-23(17-24(30)16-20)22-10-6-4-7-11-22/h4,6-7,10-11,20,23-24,30H,5,8-9,12-19H2,1-3H3,(H,27,29)(H,28,31)/t20-,23-,24+,26+/m1/s1. The van der Waals surface area contributed by atoms with Gasteiger partial charge < -0.3 is 15.7 Å². The molecule has 0 unspecified atom stereocenters. The first-order chi connectivity index (χ1) is 14.8. The molecule has 0 saturated heterocycles. The summed E-state index contributed by atoms with van der Waals surface area (Å²) in [5.41, 5.74) is 1.30. The van der Waals surface area contributed by atoms with Crippen LogP contribution in [0, 0.1) is 11.3 Å². The van der Waals surface area contributed by atoms with Crippen molar-refractivity contribution in [3.8, 4) is 0 Å². The Hall–Kier alpha value is -1.88. The van der Waals surface area contributed by atoms with Crippen LogP contribution in [-0.2, 0) is 9.59 Å². The largest absolute Gasteiger partial charge is 0.393 e. The Labute approximate surface area is 188 Å². The second-order valence-corrected chi connectivity index (χ2v) is 9.96. The summed E-state index contributed by atoms with van der Waals surface area (Å²) < 4.78 is 0. The van der Waals surface area contributed by atoms with Crippen molar-refractivity contribution in [1.82, 2.24) is 10.6 Å². The molecule has 0 spiro atoms. The molecule has 5 nitrogen and oxygen atoms in total. The number of nitrogens with one attached hydrogen (secondary N) is 2. The van der Waals surface area contributed by atoms with E-state index < -0.39 is 0 Å². The Morgan fingerprint density at radius 3 is 2.55 bits per heavy atom. The first-order valence-electron chi connectivity index (χ1n) is 12.0. The molecular weight excluding hydrogens is 388 g/mol. The number of amides is 2. The molecule has 31 heavy (non-hydrogen) atoms. The quantitative estimate of drug-likeness (QED) is 0.503. The highest BCUT2D eigenvalue weighted by molar-refractivity contribution is 5.75. The second-order valence-electron chi connectivity index (χ2n) is 9.96. The predicted octanol–water partition coefficient (Wildman–Crippen LogP) is 4.55. The Bertz CT molecular complexity index is 678. The zero-order valence-electron chi connectivity index (χ0n) is 19.7. The highest BCUT2D eigenvalue weighted by atomic mass is 16.3. The molecule has 2 amide bonds. The van der Waals surface area contributed by atoms with E-state index in [4.69, 9.17) is 0 Å². The molecule has 0 aromatic heterocycles. The number of hydrogen-bond donors (Lipinski definition) is 3. The highest BCUT2D eigenvalue weighted by Gasteiger charge is 2.33. The molecule has 0 bridgehead atoms. The van der Waals surface area contributed by atoms with Crippen LogP contribution < -0.4 is 10.6 Å². The molecule has 0 radical (unpaired) electrons. The number of aliphatic hydroxyl groups is 1. The SMILES string of the molecule is CC(=O)NCCCCCC(=O)NC[C@@]1(C)CC[C@@H](C)C[C@H](O)C[C@@H](c2ccccc2)C1. The van der Waals surface area contributed by atoms with Gasteiger partial charge in [-0.15, -0.1) is 0 Å². The van der Waals surface area contributed by atoms with Gasteiger partial charge in [-0.1, -0.05) is 57.0 Å². The molecule has 1 aromatic rings. The molecular formula is C26H42N2O3. The third kappa shape index (κ3) is 9.86. The van der Waals surface area contributed by atoms with Gasteiger partial charge >= 0.3 is 0 Å². The summed E-state index contributed by atoms with van der Waals surface area (Å²) in [5, 5.41) is 16.6. The van der Waals surface area contributed by atoms with Crippen molar-refractivity contribution in [3.63, 3.8) is 0 Å². The van der Waals surface area contributed by atoms with Crippen LogP contribution in [0.5, 0.6) is 0 Å². The van der Waals surface area contributed by atoms with Crippen molar-refractivity contribution in [2.45, 2.75) is 90.6 Å². The number of carbonyl (C=O) groups is 2. The molecule has 5 heteroatoms. The molecule has 1 fully saturated rings. The summed E-state index contributed by atoms with van der Waals surface area (Å²) in [4.78, 5) is 23.3. The predicted molar refractivity (Wildman–Crippen MR) is 126 cm³/mol. The number of rotatable bonds is 9. The molecule has 174 valence electrons. The monoisotopic (exact) mass is 430 g/mol. The molecule has 1 saturated carbocycles. The summed E-state index contributed by atoms with van der Waals surface area (Å²) in [5.74, 6) is 0.905. The van der Waals surface area contributed by atoms with Gasteiger partial charge in [-0.3, -0.25) is 9.59 Å². The average molecular weight is 431 g/mol. The van der Waals surface area contributed by atoms with E-state index in [0.717, 1.165) is 51.4 Å². The first kappa shape index (κ1) is 25.4. The van der Waals surface area contributed by atoms with Gasteiger partial charge in [0.1, 0.15) is 0 Å². The van der Waals surface area contributed by atoms with Gasteiger partial charge in [0.2, 0.25) is 11.8 Å². The fourth-order valence-corrected chi connectivity index (χ4v) is 4.77. The molecule has 1 aliphatic rings. The Morgan fingerprint density at radius 1 is 1.10 bits per heavy atom.